The monoisotopic (exact) mass is 404 g/mol. The average molecular weight is 404 g/mol. The van der Waals surface area contributed by atoms with Crippen molar-refractivity contribution in [2.75, 3.05) is 33.9 Å². The van der Waals surface area contributed by atoms with Gasteiger partial charge < -0.3 is 14.8 Å². The van der Waals surface area contributed by atoms with Crippen molar-refractivity contribution in [1.82, 2.24) is 9.62 Å². The number of ether oxygens (including phenoxy) is 2. The maximum Gasteiger partial charge on any atom is 0.306 e. The zero-order valence-corrected chi connectivity index (χ0v) is 16.4. The van der Waals surface area contributed by atoms with Crippen LogP contribution >= 0.6 is 0 Å². The number of halogens is 1. The number of carbonyl (C=O) groups excluding carboxylic acids is 2. The lowest BCUT2D eigenvalue weighted by molar-refractivity contribution is -0.148. The van der Waals surface area contributed by atoms with Gasteiger partial charge in [-0.3, -0.25) is 9.59 Å². The summed E-state index contributed by atoms with van der Waals surface area (Å²) in [6, 6.07) is 4.29. The van der Waals surface area contributed by atoms with Gasteiger partial charge in [0, 0.05) is 33.2 Å². The van der Waals surface area contributed by atoms with Crippen molar-refractivity contribution < 1.29 is 31.9 Å². The van der Waals surface area contributed by atoms with E-state index in [1.54, 1.807) is 6.92 Å². The fourth-order valence-electron chi connectivity index (χ4n) is 2.18. The Balaban J connectivity index is 2.36. The molecule has 0 radical (unpaired) electrons. The van der Waals surface area contributed by atoms with Crippen molar-refractivity contribution >= 4 is 21.9 Å². The highest BCUT2D eigenvalue weighted by molar-refractivity contribution is 7.89. The van der Waals surface area contributed by atoms with Crippen molar-refractivity contribution in [3.05, 3.63) is 30.1 Å². The predicted molar refractivity (Wildman–Crippen MR) is 95.9 cm³/mol. The van der Waals surface area contributed by atoms with Gasteiger partial charge in [-0.2, -0.15) is 0 Å². The van der Waals surface area contributed by atoms with Gasteiger partial charge in [-0.05, 0) is 37.6 Å². The second-order valence-electron chi connectivity index (χ2n) is 5.97. The van der Waals surface area contributed by atoms with Gasteiger partial charge in [-0.15, -0.1) is 0 Å². The lowest BCUT2D eigenvalue weighted by Crippen LogP contribution is -2.38. The first-order chi connectivity index (χ1) is 12.7. The largest absolute Gasteiger partial charge is 0.456 e. The molecule has 8 nitrogen and oxygen atoms in total. The summed E-state index contributed by atoms with van der Waals surface area (Å²) in [4.78, 5) is 23.2. The Labute approximate surface area is 158 Å². The third-order valence-electron chi connectivity index (χ3n) is 3.56. The molecule has 0 saturated heterocycles. The number of rotatable bonds is 11. The van der Waals surface area contributed by atoms with E-state index >= 15 is 0 Å². The number of nitrogens with zero attached hydrogens (tertiary/aromatic N) is 1. The zero-order valence-electron chi connectivity index (χ0n) is 15.6. The summed E-state index contributed by atoms with van der Waals surface area (Å²) in [5, 5.41) is 2.60. The standard InChI is InChI=1S/C17H25FN2O6S/c1-13(11-25-3)19-16(21)12-26-17(22)5-4-10-20(2)27(23,24)15-8-6-14(18)7-9-15/h6-9,13H,4-5,10-12H2,1-3H3,(H,19,21). The lowest BCUT2D eigenvalue weighted by Gasteiger charge is -2.17. The van der Waals surface area contributed by atoms with Gasteiger partial charge in [-0.25, -0.2) is 17.1 Å². The smallest absolute Gasteiger partial charge is 0.306 e. The normalized spacial score (nSPS) is 12.6. The van der Waals surface area contributed by atoms with E-state index < -0.39 is 34.3 Å². The first-order valence-corrected chi connectivity index (χ1v) is 9.76. The summed E-state index contributed by atoms with van der Waals surface area (Å²) in [5.74, 6) is -1.57. The molecular weight excluding hydrogens is 379 g/mol. The zero-order chi connectivity index (χ0) is 20.4. The van der Waals surface area contributed by atoms with Crippen LogP contribution in [0, 0.1) is 5.82 Å². The molecule has 1 aromatic carbocycles. The van der Waals surface area contributed by atoms with Crippen LogP contribution in [0.5, 0.6) is 0 Å². The highest BCUT2D eigenvalue weighted by Gasteiger charge is 2.20. The molecule has 1 amide bonds. The molecule has 0 saturated carbocycles. The molecule has 0 spiro atoms. The average Bonchev–Trinajstić information content (AvgIpc) is 2.60. The van der Waals surface area contributed by atoms with Crippen molar-refractivity contribution in [2.45, 2.75) is 30.7 Å². The van der Waals surface area contributed by atoms with E-state index in [4.69, 9.17) is 9.47 Å². The van der Waals surface area contributed by atoms with Crippen LogP contribution < -0.4 is 5.32 Å². The number of esters is 1. The van der Waals surface area contributed by atoms with Crippen LogP contribution in [0.25, 0.3) is 0 Å². The van der Waals surface area contributed by atoms with Crippen molar-refractivity contribution in [1.29, 1.82) is 0 Å². The molecule has 0 aromatic heterocycles. The fraction of sp³-hybridized carbons (Fsp3) is 0.529. The Morgan fingerprint density at radius 2 is 1.89 bits per heavy atom. The van der Waals surface area contributed by atoms with Crippen molar-refractivity contribution in [3.63, 3.8) is 0 Å². The van der Waals surface area contributed by atoms with Gasteiger partial charge in [0.05, 0.1) is 11.5 Å². The van der Waals surface area contributed by atoms with E-state index in [0.717, 1.165) is 16.4 Å². The molecule has 1 aromatic rings. The molecule has 0 aliphatic heterocycles. The van der Waals surface area contributed by atoms with Gasteiger partial charge in [0.2, 0.25) is 10.0 Å². The van der Waals surface area contributed by atoms with Crippen LogP contribution in [0.3, 0.4) is 0 Å². The molecule has 152 valence electrons. The van der Waals surface area contributed by atoms with Crippen LogP contribution in [-0.2, 0) is 29.1 Å². The number of carbonyl (C=O) groups is 2. The number of sulfonamides is 1. The summed E-state index contributed by atoms with van der Waals surface area (Å²) in [6.07, 6.45) is 0.182. The maximum atomic E-state index is 12.9. The molecule has 0 heterocycles. The van der Waals surface area contributed by atoms with Gasteiger partial charge in [0.15, 0.2) is 6.61 Å². The molecule has 1 atom stereocenters. The van der Waals surface area contributed by atoms with Crippen molar-refractivity contribution in [3.8, 4) is 0 Å². The molecule has 1 unspecified atom stereocenters. The SMILES string of the molecule is COCC(C)NC(=O)COC(=O)CCCN(C)S(=O)(=O)c1ccc(F)cc1. The molecule has 0 fully saturated rings. The van der Waals surface area contributed by atoms with Gasteiger partial charge in [-0.1, -0.05) is 0 Å². The topological polar surface area (TPSA) is 102 Å². The minimum Gasteiger partial charge on any atom is -0.456 e. The Morgan fingerprint density at radius 1 is 1.26 bits per heavy atom. The van der Waals surface area contributed by atoms with E-state index in [2.05, 4.69) is 5.32 Å². The van der Waals surface area contributed by atoms with Crippen LogP contribution in [-0.4, -0.2) is 64.6 Å². The van der Waals surface area contributed by atoms with E-state index in [9.17, 15) is 22.4 Å². The summed E-state index contributed by atoms with van der Waals surface area (Å²) < 4.78 is 48.3. The molecule has 0 bridgehead atoms. The summed E-state index contributed by atoms with van der Waals surface area (Å²) in [5.41, 5.74) is 0. The quantitative estimate of drug-likeness (QED) is 0.551. The first-order valence-electron chi connectivity index (χ1n) is 8.32. The minimum atomic E-state index is -3.76. The number of nitrogens with one attached hydrogen (secondary N) is 1. The van der Waals surface area contributed by atoms with Crippen LogP contribution in [0.15, 0.2) is 29.2 Å². The highest BCUT2D eigenvalue weighted by atomic mass is 32.2. The molecule has 0 aliphatic carbocycles. The lowest BCUT2D eigenvalue weighted by atomic mass is 10.3. The third kappa shape index (κ3) is 8.02. The number of amides is 1. The Morgan fingerprint density at radius 3 is 2.48 bits per heavy atom. The van der Waals surface area contributed by atoms with E-state index in [0.29, 0.717) is 6.61 Å². The number of benzene rings is 1. The Hall–Kier alpha value is -2.04. The second-order valence-corrected chi connectivity index (χ2v) is 8.01. The van der Waals surface area contributed by atoms with Crippen LogP contribution in [0.2, 0.25) is 0 Å². The molecule has 10 heteroatoms. The van der Waals surface area contributed by atoms with Crippen LogP contribution in [0.1, 0.15) is 19.8 Å². The Bertz CT molecular complexity index is 723. The van der Waals surface area contributed by atoms with Crippen LogP contribution in [0.4, 0.5) is 4.39 Å². The van der Waals surface area contributed by atoms with Gasteiger partial charge >= 0.3 is 5.97 Å². The molecule has 0 aliphatic rings. The molecule has 1 rings (SSSR count). The highest BCUT2D eigenvalue weighted by Crippen LogP contribution is 2.15. The number of hydrogen-bond donors (Lipinski definition) is 1. The summed E-state index contributed by atoms with van der Waals surface area (Å²) in [6.45, 7) is 1.76. The van der Waals surface area contributed by atoms with Crippen molar-refractivity contribution in [2.24, 2.45) is 0 Å². The van der Waals surface area contributed by atoms with Gasteiger partial charge in [0.1, 0.15) is 5.82 Å². The molecule has 1 N–H and O–H groups in total. The summed E-state index contributed by atoms with van der Waals surface area (Å²) >= 11 is 0. The van der Waals surface area contributed by atoms with E-state index in [1.165, 1.54) is 26.3 Å². The number of methoxy groups -OCH3 is 1. The maximum absolute atomic E-state index is 12.9. The fourth-order valence-corrected chi connectivity index (χ4v) is 3.39. The van der Waals surface area contributed by atoms with E-state index in [1.807, 2.05) is 0 Å². The third-order valence-corrected chi connectivity index (χ3v) is 5.44. The Kier molecular flexibility index (Phi) is 9.33. The second kappa shape index (κ2) is 11.0. The predicted octanol–water partition coefficient (Wildman–Crippen LogP) is 0.921. The molecule has 27 heavy (non-hydrogen) atoms. The van der Waals surface area contributed by atoms with E-state index in [-0.39, 0.29) is 30.3 Å². The molecular formula is C17H25FN2O6S. The minimum absolute atomic E-state index is 0.0316. The summed E-state index contributed by atoms with van der Waals surface area (Å²) in [7, 11) is -0.880. The number of hydrogen-bond acceptors (Lipinski definition) is 6. The first kappa shape index (κ1) is 23.0. The van der Waals surface area contributed by atoms with Gasteiger partial charge in [0.25, 0.3) is 5.91 Å².